The van der Waals surface area contributed by atoms with Crippen LogP contribution in [0.3, 0.4) is 0 Å². The first-order chi connectivity index (χ1) is 12.4. The highest BCUT2D eigenvalue weighted by Gasteiger charge is 2.20. The van der Waals surface area contributed by atoms with Crippen LogP contribution >= 0.6 is 11.8 Å². The van der Waals surface area contributed by atoms with E-state index in [4.69, 9.17) is 16.2 Å². The van der Waals surface area contributed by atoms with Gasteiger partial charge in [0.25, 0.3) is 0 Å². The molecule has 1 heterocycles. The van der Waals surface area contributed by atoms with Gasteiger partial charge in [0.15, 0.2) is 5.16 Å². The Kier molecular flexibility index (Phi) is 6.79. The van der Waals surface area contributed by atoms with Gasteiger partial charge in [-0.1, -0.05) is 18.7 Å². The lowest BCUT2D eigenvalue weighted by Gasteiger charge is -2.14. The highest BCUT2D eigenvalue weighted by atomic mass is 32.2. The van der Waals surface area contributed by atoms with E-state index < -0.39 is 11.2 Å². The number of rotatable bonds is 7. The van der Waals surface area contributed by atoms with Gasteiger partial charge in [0, 0.05) is 11.8 Å². The van der Waals surface area contributed by atoms with E-state index >= 15 is 0 Å². The number of thioether (sulfide) groups is 1. The van der Waals surface area contributed by atoms with Gasteiger partial charge in [0.1, 0.15) is 11.6 Å². The Morgan fingerprint density at radius 3 is 2.31 bits per heavy atom. The van der Waals surface area contributed by atoms with Crippen molar-refractivity contribution < 1.29 is 14.3 Å². The van der Waals surface area contributed by atoms with Crippen molar-refractivity contribution in [2.45, 2.75) is 30.7 Å². The molecule has 0 saturated carbocycles. The Balaban J connectivity index is 2.03. The lowest BCUT2D eigenvalue weighted by Crippen LogP contribution is -2.25. The summed E-state index contributed by atoms with van der Waals surface area (Å²) in [4.78, 5) is 32.3. The smallest absolute Gasteiger partial charge is 0.338 e. The molecule has 1 amide bonds. The predicted octanol–water partition coefficient (Wildman–Crippen LogP) is 2.33. The largest absolute Gasteiger partial charge is 0.462 e. The van der Waals surface area contributed by atoms with Gasteiger partial charge in [-0.3, -0.25) is 4.79 Å². The van der Waals surface area contributed by atoms with Gasteiger partial charge in [-0.05, 0) is 37.6 Å². The summed E-state index contributed by atoms with van der Waals surface area (Å²) >= 11 is 1.19. The second kappa shape index (κ2) is 9.04. The number of amides is 1. The highest BCUT2D eigenvalue weighted by Crippen LogP contribution is 2.25. The Labute approximate surface area is 155 Å². The molecule has 0 aliphatic heterocycles. The summed E-state index contributed by atoms with van der Waals surface area (Å²) in [6.07, 6.45) is 0.565. The molecule has 0 aliphatic carbocycles. The van der Waals surface area contributed by atoms with Crippen molar-refractivity contribution in [2.24, 2.45) is 0 Å². The quantitative estimate of drug-likeness (QED) is 0.381. The number of esters is 1. The first-order valence-electron chi connectivity index (χ1n) is 8.07. The molecule has 1 aromatic carbocycles. The molecule has 1 atom stereocenters. The first kappa shape index (κ1) is 19.5. The van der Waals surface area contributed by atoms with E-state index in [0.717, 1.165) is 0 Å². The summed E-state index contributed by atoms with van der Waals surface area (Å²) in [5, 5.41) is 2.74. The molecule has 0 aliphatic rings. The topological polar surface area (TPSA) is 133 Å². The monoisotopic (exact) mass is 375 g/mol. The van der Waals surface area contributed by atoms with Crippen LogP contribution in [-0.4, -0.2) is 33.7 Å². The van der Waals surface area contributed by atoms with Crippen LogP contribution in [-0.2, 0) is 9.53 Å². The number of nitrogens with two attached hydrogens (primary N) is 2. The number of nitrogens with zero attached hydrogens (tertiary/aromatic N) is 2. The molecule has 0 saturated heterocycles. The molecule has 138 valence electrons. The van der Waals surface area contributed by atoms with Crippen molar-refractivity contribution in [1.82, 2.24) is 9.97 Å². The molecule has 8 nitrogen and oxygen atoms in total. The molecule has 2 rings (SSSR count). The number of nitrogens with one attached hydrogen (secondary N) is 1. The van der Waals surface area contributed by atoms with Gasteiger partial charge in [-0.25, -0.2) is 14.8 Å². The Morgan fingerprint density at radius 2 is 1.77 bits per heavy atom. The maximum Gasteiger partial charge on any atom is 0.338 e. The van der Waals surface area contributed by atoms with Crippen LogP contribution in [0.1, 0.15) is 30.6 Å². The SMILES string of the molecule is CCOC(=O)c1ccc(NC(=O)[C@H](CC)Sc2nc(N)cc(N)n2)cc1. The fraction of sp³-hybridized carbons (Fsp3) is 0.294. The average molecular weight is 375 g/mol. The van der Waals surface area contributed by atoms with Crippen molar-refractivity contribution in [3.63, 3.8) is 0 Å². The molecule has 0 bridgehead atoms. The summed E-state index contributed by atoms with van der Waals surface area (Å²) in [7, 11) is 0. The molecule has 26 heavy (non-hydrogen) atoms. The molecule has 1 aromatic heterocycles. The number of ether oxygens (including phenoxy) is 1. The minimum absolute atomic E-state index is 0.203. The van der Waals surface area contributed by atoms with Crippen molar-refractivity contribution >= 4 is 41.0 Å². The predicted molar refractivity (Wildman–Crippen MR) is 102 cm³/mol. The van der Waals surface area contributed by atoms with Gasteiger partial charge >= 0.3 is 5.97 Å². The summed E-state index contributed by atoms with van der Waals surface area (Å²) in [6, 6.07) is 7.95. The lowest BCUT2D eigenvalue weighted by molar-refractivity contribution is -0.115. The van der Waals surface area contributed by atoms with Crippen LogP contribution in [0, 0.1) is 0 Å². The molecule has 9 heteroatoms. The summed E-state index contributed by atoms with van der Waals surface area (Å²) < 4.78 is 4.93. The number of hydrogen-bond donors (Lipinski definition) is 3. The van der Waals surface area contributed by atoms with Crippen LogP contribution in [0.4, 0.5) is 17.3 Å². The molecule has 0 spiro atoms. The summed E-state index contributed by atoms with van der Waals surface area (Å²) in [6.45, 7) is 3.94. The van der Waals surface area contributed by atoms with E-state index in [1.807, 2.05) is 6.92 Å². The second-order valence-electron chi connectivity index (χ2n) is 5.30. The van der Waals surface area contributed by atoms with Gasteiger partial charge < -0.3 is 21.5 Å². The summed E-state index contributed by atoms with van der Waals surface area (Å²) in [5.74, 6) is -0.0932. The molecule has 0 fully saturated rings. The van der Waals surface area contributed by atoms with E-state index in [0.29, 0.717) is 29.4 Å². The number of carbonyl (C=O) groups is 2. The molecule has 0 unspecified atom stereocenters. The molecule has 5 N–H and O–H groups in total. The second-order valence-corrected chi connectivity index (χ2v) is 6.47. The van der Waals surface area contributed by atoms with Crippen molar-refractivity contribution in [3.8, 4) is 0 Å². The standard InChI is InChI=1S/C17H21N5O3S/c1-3-12(26-17-21-13(18)9-14(19)22-17)15(23)20-11-7-5-10(6-8-11)16(24)25-4-2/h5-9,12H,3-4H2,1-2H3,(H,20,23)(H4,18,19,21,22)/t12-/m0/s1. The first-order valence-corrected chi connectivity index (χ1v) is 8.95. The van der Waals surface area contributed by atoms with E-state index in [9.17, 15) is 9.59 Å². The third-order valence-corrected chi connectivity index (χ3v) is 4.55. The Morgan fingerprint density at radius 1 is 1.15 bits per heavy atom. The third kappa shape index (κ3) is 5.35. The zero-order chi connectivity index (χ0) is 19.1. The lowest BCUT2D eigenvalue weighted by atomic mass is 10.2. The number of anilines is 3. The van der Waals surface area contributed by atoms with E-state index in [2.05, 4.69) is 15.3 Å². The van der Waals surface area contributed by atoms with E-state index in [1.165, 1.54) is 17.8 Å². The average Bonchev–Trinajstić information content (AvgIpc) is 2.59. The van der Waals surface area contributed by atoms with Crippen molar-refractivity contribution in [1.29, 1.82) is 0 Å². The van der Waals surface area contributed by atoms with Crippen LogP contribution in [0.5, 0.6) is 0 Å². The normalized spacial score (nSPS) is 11.6. The minimum atomic E-state index is -0.416. The Bertz CT molecular complexity index is 762. The van der Waals surface area contributed by atoms with Crippen molar-refractivity contribution in [2.75, 3.05) is 23.4 Å². The van der Waals surface area contributed by atoms with Crippen LogP contribution in [0.2, 0.25) is 0 Å². The third-order valence-electron chi connectivity index (χ3n) is 3.32. The fourth-order valence-corrected chi connectivity index (χ4v) is 2.99. The maximum absolute atomic E-state index is 12.5. The van der Waals surface area contributed by atoms with Gasteiger partial charge in [-0.2, -0.15) is 0 Å². The van der Waals surface area contributed by atoms with Crippen molar-refractivity contribution in [3.05, 3.63) is 35.9 Å². The summed E-state index contributed by atoms with van der Waals surface area (Å²) in [5.41, 5.74) is 12.3. The van der Waals surface area contributed by atoms with E-state index in [1.54, 1.807) is 31.2 Å². The van der Waals surface area contributed by atoms with Crippen LogP contribution in [0.25, 0.3) is 0 Å². The van der Waals surface area contributed by atoms with Crippen LogP contribution in [0.15, 0.2) is 35.5 Å². The van der Waals surface area contributed by atoms with Crippen LogP contribution < -0.4 is 16.8 Å². The fourth-order valence-electron chi connectivity index (χ4n) is 2.09. The number of nitrogen functional groups attached to an aromatic ring is 2. The molecular weight excluding hydrogens is 354 g/mol. The zero-order valence-electron chi connectivity index (χ0n) is 14.6. The molecule has 0 radical (unpaired) electrons. The Hall–Kier alpha value is -2.81. The van der Waals surface area contributed by atoms with Gasteiger partial charge in [-0.15, -0.1) is 0 Å². The molecular formula is C17H21N5O3S. The van der Waals surface area contributed by atoms with Gasteiger partial charge in [0.05, 0.1) is 17.4 Å². The maximum atomic E-state index is 12.5. The zero-order valence-corrected chi connectivity index (χ0v) is 15.4. The van der Waals surface area contributed by atoms with Gasteiger partial charge in [0.2, 0.25) is 5.91 Å². The molecule has 2 aromatic rings. The number of hydrogen-bond acceptors (Lipinski definition) is 8. The highest BCUT2D eigenvalue weighted by molar-refractivity contribution is 8.00. The van der Waals surface area contributed by atoms with E-state index in [-0.39, 0.29) is 17.5 Å². The minimum Gasteiger partial charge on any atom is -0.462 e. The number of carbonyl (C=O) groups excluding carboxylic acids is 2. The number of benzene rings is 1. The number of aromatic nitrogens is 2.